The van der Waals surface area contributed by atoms with E-state index in [1.165, 1.54) is 6.07 Å². The Kier molecular flexibility index (Phi) is 6.31. The van der Waals surface area contributed by atoms with Crippen LogP contribution in [0.3, 0.4) is 0 Å². The van der Waals surface area contributed by atoms with Gasteiger partial charge in [-0.2, -0.15) is 0 Å². The number of nitrogens with one attached hydrogen (secondary N) is 2. The zero-order valence-electron chi connectivity index (χ0n) is 16.0. The molecule has 2 saturated heterocycles. The Morgan fingerprint density at radius 3 is 2.56 bits per heavy atom. The topological polar surface area (TPSA) is 70.7 Å². The van der Waals surface area contributed by atoms with Gasteiger partial charge in [0.1, 0.15) is 5.82 Å². The number of fused-ring (bicyclic) bond motifs is 2. The van der Waals surface area contributed by atoms with Crippen molar-refractivity contribution < 1.29 is 18.7 Å². The molecule has 2 fully saturated rings. The summed E-state index contributed by atoms with van der Waals surface area (Å²) < 4.78 is 18.7. The van der Waals surface area contributed by atoms with E-state index in [0.717, 1.165) is 25.7 Å². The maximum absolute atomic E-state index is 13.6. The fourth-order valence-corrected chi connectivity index (χ4v) is 4.13. The van der Waals surface area contributed by atoms with E-state index in [4.69, 9.17) is 4.74 Å². The Morgan fingerprint density at radius 2 is 1.93 bits per heavy atom. The molecule has 2 bridgehead atoms. The molecule has 148 valence electrons. The first-order chi connectivity index (χ1) is 13.0. The van der Waals surface area contributed by atoms with Crippen LogP contribution in [0.5, 0.6) is 0 Å². The van der Waals surface area contributed by atoms with Gasteiger partial charge < -0.3 is 20.3 Å². The molecule has 2 heterocycles. The summed E-state index contributed by atoms with van der Waals surface area (Å²) in [6.07, 6.45) is 3.68. The minimum atomic E-state index is -0.371. The van der Waals surface area contributed by atoms with Gasteiger partial charge in [-0.1, -0.05) is 6.07 Å². The van der Waals surface area contributed by atoms with Crippen molar-refractivity contribution in [3.8, 4) is 0 Å². The van der Waals surface area contributed by atoms with Crippen LogP contribution >= 0.6 is 0 Å². The average molecular weight is 377 g/mol. The number of piperidine rings is 1. The van der Waals surface area contributed by atoms with Crippen LogP contribution in [0, 0.1) is 12.7 Å². The lowest BCUT2D eigenvalue weighted by Crippen LogP contribution is -2.52. The minimum absolute atomic E-state index is 0.193. The van der Waals surface area contributed by atoms with E-state index in [9.17, 15) is 14.0 Å². The number of carbonyl (C=O) groups excluding carboxylic acids is 2. The van der Waals surface area contributed by atoms with E-state index in [2.05, 4.69) is 10.6 Å². The average Bonchev–Trinajstić information content (AvgIpc) is 2.92. The number of nitrogens with zero attached hydrogens (tertiary/aromatic N) is 1. The first kappa shape index (κ1) is 19.6. The molecule has 3 rings (SSSR count). The zero-order chi connectivity index (χ0) is 19.4. The molecule has 2 aliphatic heterocycles. The van der Waals surface area contributed by atoms with Gasteiger partial charge in [0.25, 0.3) is 5.91 Å². The molecule has 2 N–H and O–H groups in total. The number of amides is 2. The van der Waals surface area contributed by atoms with E-state index in [1.807, 2.05) is 11.8 Å². The van der Waals surface area contributed by atoms with Crippen LogP contribution in [0.1, 0.15) is 48.5 Å². The molecule has 6 nitrogen and oxygen atoms in total. The van der Waals surface area contributed by atoms with Gasteiger partial charge in [0.2, 0.25) is 0 Å². The molecule has 2 atom stereocenters. The van der Waals surface area contributed by atoms with Crippen LogP contribution < -0.4 is 10.6 Å². The molecular formula is C20H28FN3O3. The third-order valence-corrected chi connectivity index (χ3v) is 5.49. The second-order valence-corrected chi connectivity index (χ2v) is 7.33. The number of carbonyl (C=O) groups is 2. The van der Waals surface area contributed by atoms with Crippen molar-refractivity contribution in [2.75, 3.05) is 19.7 Å². The van der Waals surface area contributed by atoms with Crippen LogP contribution in [0.15, 0.2) is 18.2 Å². The predicted molar refractivity (Wildman–Crippen MR) is 100 cm³/mol. The quantitative estimate of drug-likeness (QED) is 0.748. The molecule has 0 saturated carbocycles. The van der Waals surface area contributed by atoms with Gasteiger partial charge in [0.05, 0.1) is 6.61 Å². The summed E-state index contributed by atoms with van der Waals surface area (Å²) in [5, 5.41) is 6.29. The van der Waals surface area contributed by atoms with Crippen molar-refractivity contribution >= 4 is 12.0 Å². The summed E-state index contributed by atoms with van der Waals surface area (Å²) in [5.74, 6) is -0.641. The SMILES string of the molecule is CCOC(=O)N1C2CCC1CC(NCCNC(=O)c1ccc(C)c(F)c1)C2. The number of hydrogen-bond donors (Lipinski definition) is 2. The molecule has 0 aliphatic carbocycles. The van der Waals surface area contributed by atoms with Crippen molar-refractivity contribution in [1.82, 2.24) is 15.5 Å². The van der Waals surface area contributed by atoms with Crippen LogP contribution in [0.4, 0.5) is 9.18 Å². The van der Waals surface area contributed by atoms with E-state index in [-0.39, 0.29) is 29.9 Å². The van der Waals surface area contributed by atoms with Gasteiger partial charge in [0, 0.05) is 36.8 Å². The largest absolute Gasteiger partial charge is 0.450 e. The fourth-order valence-electron chi connectivity index (χ4n) is 4.13. The van der Waals surface area contributed by atoms with Crippen molar-refractivity contribution in [3.63, 3.8) is 0 Å². The summed E-state index contributed by atoms with van der Waals surface area (Å²) in [6.45, 7) is 5.01. The highest BCUT2D eigenvalue weighted by Crippen LogP contribution is 2.36. The highest BCUT2D eigenvalue weighted by atomic mass is 19.1. The molecule has 2 amide bonds. The van der Waals surface area contributed by atoms with Crippen LogP contribution in [-0.2, 0) is 4.74 Å². The lowest BCUT2D eigenvalue weighted by atomic mass is 9.98. The molecule has 7 heteroatoms. The van der Waals surface area contributed by atoms with Crippen molar-refractivity contribution in [1.29, 1.82) is 0 Å². The predicted octanol–water partition coefficient (Wildman–Crippen LogP) is 2.61. The fraction of sp³-hybridized carbons (Fsp3) is 0.600. The van der Waals surface area contributed by atoms with Crippen molar-refractivity contribution in [2.24, 2.45) is 0 Å². The summed E-state index contributed by atoms with van der Waals surface area (Å²) >= 11 is 0. The second-order valence-electron chi connectivity index (χ2n) is 7.33. The standard InChI is InChI=1S/C20H28FN3O3/c1-3-27-20(26)24-16-6-7-17(24)12-15(11-16)22-8-9-23-19(25)14-5-4-13(2)18(21)10-14/h4-5,10,15-17,22H,3,6-9,11-12H2,1-2H3,(H,23,25). The monoisotopic (exact) mass is 377 g/mol. The number of ether oxygens (including phenoxy) is 1. The van der Waals surface area contributed by atoms with E-state index in [1.54, 1.807) is 19.1 Å². The minimum Gasteiger partial charge on any atom is -0.450 e. The number of hydrogen-bond acceptors (Lipinski definition) is 4. The number of benzene rings is 1. The smallest absolute Gasteiger partial charge is 0.410 e. The molecular weight excluding hydrogens is 349 g/mol. The highest BCUT2D eigenvalue weighted by molar-refractivity contribution is 5.94. The van der Waals surface area contributed by atoms with Crippen LogP contribution in [0.2, 0.25) is 0 Å². The first-order valence-electron chi connectivity index (χ1n) is 9.72. The van der Waals surface area contributed by atoms with Gasteiger partial charge in [-0.05, 0) is 57.2 Å². The zero-order valence-corrected chi connectivity index (χ0v) is 16.0. The summed E-state index contributed by atoms with van der Waals surface area (Å²) in [6, 6.07) is 5.32. The molecule has 1 aromatic carbocycles. The van der Waals surface area contributed by atoms with Crippen LogP contribution in [0.25, 0.3) is 0 Å². The summed E-state index contributed by atoms with van der Waals surface area (Å²) in [5.41, 5.74) is 0.857. The van der Waals surface area contributed by atoms with Gasteiger partial charge in [-0.15, -0.1) is 0 Å². The summed E-state index contributed by atoms with van der Waals surface area (Å²) in [4.78, 5) is 26.1. The lowest BCUT2D eigenvalue weighted by molar-refractivity contribution is 0.0659. The number of halogens is 1. The van der Waals surface area contributed by atoms with E-state index < -0.39 is 0 Å². The maximum atomic E-state index is 13.6. The van der Waals surface area contributed by atoms with Gasteiger partial charge in [0.15, 0.2) is 0 Å². The number of rotatable bonds is 6. The van der Waals surface area contributed by atoms with E-state index in [0.29, 0.717) is 36.9 Å². The third kappa shape index (κ3) is 4.58. The van der Waals surface area contributed by atoms with E-state index >= 15 is 0 Å². The normalized spacial score (nSPS) is 24.0. The second kappa shape index (κ2) is 8.69. The molecule has 0 radical (unpaired) electrons. The Morgan fingerprint density at radius 1 is 1.22 bits per heavy atom. The molecule has 27 heavy (non-hydrogen) atoms. The van der Waals surface area contributed by atoms with Crippen molar-refractivity contribution in [2.45, 2.75) is 57.7 Å². The molecule has 2 unspecified atom stereocenters. The molecule has 0 aromatic heterocycles. The van der Waals surface area contributed by atoms with Gasteiger partial charge in [-0.25, -0.2) is 9.18 Å². The first-order valence-corrected chi connectivity index (χ1v) is 9.72. The Balaban J connectivity index is 1.41. The highest BCUT2D eigenvalue weighted by Gasteiger charge is 2.43. The van der Waals surface area contributed by atoms with Gasteiger partial charge >= 0.3 is 6.09 Å². The third-order valence-electron chi connectivity index (χ3n) is 5.49. The Bertz CT molecular complexity index is 683. The van der Waals surface area contributed by atoms with Gasteiger partial charge in [-0.3, -0.25) is 4.79 Å². The lowest BCUT2D eigenvalue weighted by Gasteiger charge is -2.38. The molecule has 2 aliphatic rings. The Hall–Kier alpha value is -2.15. The molecule has 0 spiro atoms. The Labute approximate surface area is 159 Å². The number of aryl methyl sites for hydroxylation is 1. The molecule has 1 aromatic rings. The maximum Gasteiger partial charge on any atom is 0.410 e. The van der Waals surface area contributed by atoms with Crippen LogP contribution in [-0.4, -0.2) is 54.7 Å². The summed E-state index contributed by atoms with van der Waals surface area (Å²) in [7, 11) is 0. The van der Waals surface area contributed by atoms with Crippen molar-refractivity contribution in [3.05, 3.63) is 35.1 Å².